The van der Waals surface area contributed by atoms with Gasteiger partial charge in [-0.3, -0.25) is 10.1 Å². The van der Waals surface area contributed by atoms with E-state index in [4.69, 9.17) is 16.7 Å². The van der Waals surface area contributed by atoms with E-state index >= 15 is 0 Å². The van der Waals surface area contributed by atoms with Gasteiger partial charge in [0.25, 0.3) is 5.69 Å². The summed E-state index contributed by atoms with van der Waals surface area (Å²) >= 11 is 5.77. The van der Waals surface area contributed by atoms with E-state index in [1.165, 1.54) is 22.9 Å². The van der Waals surface area contributed by atoms with Gasteiger partial charge >= 0.3 is 5.97 Å². The van der Waals surface area contributed by atoms with Crippen LogP contribution in [-0.4, -0.2) is 31.0 Å². The van der Waals surface area contributed by atoms with Gasteiger partial charge < -0.3 is 5.11 Å². The molecule has 0 atom stereocenters. The molecule has 3 rings (SSSR count). The first kappa shape index (κ1) is 13.5. The summed E-state index contributed by atoms with van der Waals surface area (Å²) in [6, 6.07) is 4.13. The number of nitro benzene ring substituents is 1. The number of benzene rings is 1. The molecule has 1 aromatic carbocycles. The Morgan fingerprint density at radius 3 is 2.76 bits per heavy atom. The summed E-state index contributed by atoms with van der Waals surface area (Å²) in [5, 5.41) is 27.9. The molecule has 1 aromatic heterocycles. The number of hydrogen-bond donors (Lipinski definition) is 1. The molecule has 9 heteroatoms. The van der Waals surface area contributed by atoms with Crippen molar-refractivity contribution in [1.82, 2.24) is 15.0 Å². The largest absolute Gasteiger partial charge is 0.476 e. The lowest BCUT2D eigenvalue weighted by Crippen LogP contribution is -2.07. The molecule has 0 bridgehead atoms. The number of carbonyl (C=O) groups is 1. The van der Waals surface area contributed by atoms with Gasteiger partial charge in [-0.25, -0.2) is 9.48 Å². The summed E-state index contributed by atoms with van der Waals surface area (Å²) in [4.78, 5) is 21.8. The lowest BCUT2D eigenvalue weighted by atomic mass is 10.2. The van der Waals surface area contributed by atoms with E-state index in [0.29, 0.717) is 5.69 Å². The average Bonchev–Trinajstić information content (AvgIpc) is 3.17. The molecule has 0 unspecified atom stereocenters. The van der Waals surface area contributed by atoms with Crippen LogP contribution in [0, 0.1) is 10.1 Å². The zero-order valence-corrected chi connectivity index (χ0v) is 11.3. The van der Waals surface area contributed by atoms with Crippen molar-refractivity contribution in [3.63, 3.8) is 0 Å². The molecular formula is C12H9ClN4O4. The maximum Gasteiger partial charge on any atom is 0.358 e. The highest BCUT2D eigenvalue weighted by atomic mass is 35.5. The summed E-state index contributed by atoms with van der Waals surface area (Å²) < 4.78 is 1.23. The molecule has 1 fully saturated rings. The third-order valence-corrected chi connectivity index (χ3v) is 3.47. The molecule has 0 spiro atoms. The first-order valence-electron chi connectivity index (χ1n) is 6.12. The van der Waals surface area contributed by atoms with Gasteiger partial charge in [0.1, 0.15) is 5.69 Å². The zero-order chi connectivity index (χ0) is 15.1. The van der Waals surface area contributed by atoms with Crippen LogP contribution in [0.15, 0.2) is 18.2 Å². The van der Waals surface area contributed by atoms with Crippen molar-refractivity contribution in [1.29, 1.82) is 0 Å². The summed E-state index contributed by atoms with van der Waals surface area (Å²) in [5.41, 5.74) is 0.146. The van der Waals surface area contributed by atoms with Crippen molar-refractivity contribution in [2.75, 3.05) is 0 Å². The fraction of sp³-hybridized carbons (Fsp3) is 0.250. The van der Waals surface area contributed by atoms with Gasteiger partial charge in [-0.2, -0.15) is 0 Å². The summed E-state index contributed by atoms with van der Waals surface area (Å²) in [7, 11) is 0. The zero-order valence-electron chi connectivity index (χ0n) is 10.6. The van der Waals surface area contributed by atoms with Gasteiger partial charge in [-0.1, -0.05) is 16.8 Å². The number of aromatic nitrogens is 3. The number of halogens is 1. The minimum atomic E-state index is -1.19. The highest BCUT2D eigenvalue weighted by Gasteiger charge is 2.35. The van der Waals surface area contributed by atoms with Crippen LogP contribution in [0.3, 0.4) is 0 Å². The maximum absolute atomic E-state index is 11.2. The van der Waals surface area contributed by atoms with Crippen LogP contribution in [0.25, 0.3) is 5.69 Å². The van der Waals surface area contributed by atoms with E-state index in [1.807, 2.05) is 0 Å². The van der Waals surface area contributed by atoms with Gasteiger partial charge in [0.15, 0.2) is 5.69 Å². The Labute approximate surface area is 123 Å². The maximum atomic E-state index is 11.2. The monoisotopic (exact) mass is 308 g/mol. The molecular weight excluding hydrogens is 300 g/mol. The predicted octanol–water partition coefficient (Wildman–Crippen LogP) is 2.40. The third kappa shape index (κ3) is 2.33. The summed E-state index contributed by atoms with van der Waals surface area (Å²) in [6.45, 7) is 0. The summed E-state index contributed by atoms with van der Waals surface area (Å²) in [6.07, 6.45) is 1.63. The fourth-order valence-corrected chi connectivity index (χ4v) is 2.33. The Morgan fingerprint density at radius 1 is 1.48 bits per heavy atom. The minimum absolute atomic E-state index is 0.0152. The second kappa shape index (κ2) is 4.81. The fourth-order valence-electron chi connectivity index (χ4n) is 2.16. The molecule has 1 N–H and O–H groups in total. The molecule has 1 aliphatic rings. The van der Waals surface area contributed by atoms with Gasteiger partial charge in [0.2, 0.25) is 0 Å². The predicted molar refractivity (Wildman–Crippen MR) is 72.0 cm³/mol. The topological polar surface area (TPSA) is 111 Å². The molecule has 0 radical (unpaired) electrons. The highest BCUT2D eigenvalue weighted by Crippen LogP contribution is 2.42. The Morgan fingerprint density at radius 2 is 2.19 bits per heavy atom. The second-order valence-electron chi connectivity index (χ2n) is 4.70. The van der Waals surface area contributed by atoms with Crippen LogP contribution in [0.2, 0.25) is 5.02 Å². The van der Waals surface area contributed by atoms with E-state index in [0.717, 1.165) is 12.8 Å². The van der Waals surface area contributed by atoms with Crippen molar-refractivity contribution < 1.29 is 14.8 Å². The van der Waals surface area contributed by atoms with Crippen molar-refractivity contribution in [2.24, 2.45) is 0 Å². The Kier molecular flexibility index (Phi) is 3.09. The Balaban J connectivity index is 2.22. The number of aromatic carboxylic acids is 1. The highest BCUT2D eigenvalue weighted by molar-refractivity contribution is 6.30. The molecule has 1 heterocycles. The number of carboxylic acids is 1. The van der Waals surface area contributed by atoms with Crippen LogP contribution in [-0.2, 0) is 0 Å². The van der Waals surface area contributed by atoms with Crippen molar-refractivity contribution in [3.8, 4) is 5.69 Å². The van der Waals surface area contributed by atoms with Gasteiger partial charge in [0, 0.05) is 17.0 Å². The Hall–Kier alpha value is -2.48. The van der Waals surface area contributed by atoms with Gasteiger partial charge in [-0.05, 0) is 25.0 Å². The molecule has 0 saturated heterocycles. The van der Waals surface area contributed by atoms with E-state index in [2.05, 4.69) is 10.3 Å². The molecule has 0 aliphatic heterocycles. The third-order valence-electron chi connectivity index (χ3n) is 3.23. The molecule has 0 amide bonds. The van der Waals surface area contributed by atoms with Gasteiger partial charge in [-0.15, -0.1) is 5.10 Å². The second-order valence-corrected chi connectivity index (χ2v) is 5.14. The van der Waals surface area contributed by atoms with Crippen LogP contribution in [0.1, 0.15) is 34.9 Å². The average molecular weight is 309 g/mol. The number of rotatable bonds is 4. The van der Waals surface area contributed by atoms with Crippen LogP contribution in [0.4, 0.5) is 5.69 Å². The number of carboxylic acid groups (broad SMARTS) is 1. The van der Waals surface area contributed by atoms with Crippen molar-refractivity contribution in [2.45, 2.75) is 18.8 Å². The van der Waals surface area contributed by atoms with E-state index < -0.39 is 10.9 Å². The van der Waals surface area contributed by atoms with E-state index in [-0.39, 0.29) is 28.0 Å². The van der Waals surface area contributed by atoms with E-state index in [1.54, 1.807) is 0 Å². The summed E-state index contributed by atoms with van der Waals surface area (Å²) in [5.74, 6) is -1.18. The van der Waals surface area contributed by atoms with Gasteiger partial charge in [0.05, 0.1) is 10.6 Å². The molecule has 21 heavy (non-hydrogen) atoms. The number of nitrogens with zero attached hydrogens (tertiary/aromatic N) is 4. The van der Waals surface area contributed by atoms with Crippen LogP contribution < -0.4 is 0 Å². The molecule has 1 aliphatic carbocycles. The first-order valence-corrected chi connectivity index (χ1v) is 6.50. The van der Waals surface area contributed by atoms with Crippen LogP contribution >= 0.6 is 11.6 Å². The SMILES string of the molecule is O=C(O)c1nnn(-c2ccc(Cl)cc2[N+](=O)[O-])c1C1CC1. The quantitative estimate of drug-likeness (QED) is 0.685. The Bertz CT molecular complexity index is 754. The molecule has 8 nitrogen and oxygen atoms in total. The lowest BCUT2D eigenvalue weighted by molar-refractivity contribution is -0.384. The standard InChI is InChI=1S/C12H9ClN4O4/c13-7-3-4-8(9(5-7)17(20)21)16-11(6-1-2-6)10(12(18)19)14-15-16/h3-6H,1-2H2,(H,18,19). The van der Waals surface area contributed by atoms with E-state index in [9.17, 15) is 14.9 Å². The van der Waals surface area contributed by atoms with Crippen molar-refractivity contribution in [3.05, 3.63) is 44.7 Å². The normalized spacial score (nSPS) is 14.1. The number of hydrogen-bond acceptors (Lipinski definition) is 5. The van der Waals surface area contributed by atoms with Crippen molar-refractivity contribution >= 4 is 23.3 Å². The smallest absolute Gasteiger partial charge is 0.358 e. The number of nitro groups is 1. The molecule has 1 saturated carbocycles. The minimum Gasteiger partial charge on any atom is -0.476 e. The molecule has 108 valence electrons. The van der Waals surface area contributed by atoms with Crippen LogP contribution in [0.5, 0.6) is 0 Å². The molecule has 2 aromatic rings. The lowest BCUT2D eigenvalue weighted by Gasteiger charge is -2.07. The first-order chi connectivity index (χ1) is 9.99.